The van der Waals surface area contributed by atoms with Crippen molar-refractivity contribution in [2.24, 2.45) is 11.1 Å². The summed E-state index contributed by atoms with van der Waals surface area (Å²) in [6.45, 7) is 6.26. The molecule has 0 saturated carbocycles. The molecule has 1 heterocycles. The molecule has 0 unspecified atom stereocenters. The van der Waals surface area contributed by atoms with E-state index in [0.717, 1.165) is 26.2 Å². The molecule has 1 fully saturated rings. The van der Waals surface area contributed by atoms with Gasteiger partial charge in [-0.05, 0) is 12.8 Å². The molecule has 0 atom stereocenters. The first kappa shape index (κ1) is 9.96. The van der Waals surface area contributed by atoms with E-state index in [4.69, 9.17) is 15.2 Å². The molecular formula is C9H19NO2. The van der Waals surface area contributed by atoms with Crippen LogP contribution < -0.4 is 5.73 Å². The van der Waals surface area contributed by atoms with Gasteiger partial charge in [-0.1, -0.05) is 6.92 Å². The smallest absolute Gasteiger partial charge is 0.0588 e. The highest BCUT2D eigenvalue weighted by Crippen LogP contribution is 2.31. The van der Waals surface area contributed by atoms with Crippen LogP contribution in [0.5, 0.6) is 0 Å². The molecule has 0 aliphatic carbocycles. The number of nitrogens with two attached hydrogens (primary N) is 1. The highest BCUT2D eigenvalue weighted by atomic mass is 16.5. The Morgan fingerprint density at radius 1 is 1.42 bits per heavy atom. The fourth-order valence-corrected chi connectivity index (χ4v) is 1.38. The fourth-order valence-electron chi connectivity index (χ4n) is 1.38. The first-order chi connectivity index (χ1) is 5.77. The summed E-state index contributed by atoms with van der Waals surface area (Å²) < 4.78 is 10.4. The molecular weight excluding hydrogens is 154 g/mol. The SMILES string of the molecule is CC1(CCCOCCN)COC1. The Labute approximate surface area is 74.2 Å². The number of ether oxygens (including phenoxy) is 2. The molecule has 1 rings (SSSR count). The largest absolute Gasteiger partial charge is 0.380 e. The van der Waals surface area contributed by atoms with E-state index in [9.17, 15) is 0 Å². The molecule has 0 spiro atoms. The topological polar surface area (TPSA) is 44.5 Å². The minimum absolute atomic E-state index is 0.437. The van der Waals surface area contributed by atoms with Gasteiger partial charge in [0.2, 0.25) is 0 Å². The van der Waals surface area contributed by atoms with Crippen LogP contribution in [0.2, 0.25) is 0 Å². The van der Waals surface area contributed by atoms with Crippen LogP contribution in [0.1, 0.15) is 19.8 Å². The molecule has 3 heteroatoms. The van der Waals surface area contributed by atoms with Crippen molar-refractivity contribution in [2.75, 3.05) is 33.0 Å². The summed E-state index contributed by atoms with van der Waals surface area (Å²) in [5.41, 5.74) is 5.73. The van der Waals surface area contributed by atoms with Crippen LogP contribution in [0, 0.1) is 5.41 Å². The molecule has 3 nitrogen and oxygen atoms in total. The summed E-state index contributed by atoms with van der Waals surface area (Å²) >= 11 is 0. The Kier molecular flexibility index (Phi) is 3.98. The minimum Gasteiger partial charge on any atom is -0.380 e. The molecule has 0 aromatic rings. The average Bonchev–Trinajstić information content (AvgIpc) is 2.01. The lowest BCUT2D eigenvalue weighted by Gasteiger charge is -2.38. The van der Waals surface area contributed by atoms with Crippen molar-refractivity contribution in [3.8, 4) is 0 Å². The second-order valence-electron chi connectivity index (χ2n) is 3.81. The van der Waals surface area contributed by atoms with Gasteiger partial charge < -0.3 is 15.2 Å². The van der Waals surface area contributed by atoms with E-state index in [2.05, 4.69) is 6.92 Å². The Morgan fingerprint density at radius 3 is 2.67 bits per heavy atom. The summed E-state index contributed by atoms with van der Waals surface area (Å²) in [6.07, 6.45) is 2.33. The van der Waals surface area contributed by atoms with Gasteiger partial charge in [-0.3, -0.25) is 0 Å². The first-order valence-corrected chi connectivity index (χ1v) is 4.62. The molecule has 12 heavy (non-hydrogen) atoms. The summed E-state index contributed by atoms with van der Waals surface area (Å²) in [5.74, 6) is 0. The van der Waals surface area contributed by atoms with E-state index in [1.807, 2.05) is 0 Å². The van der Waals surface area contributed by atoms with E-state index >= 15 is 0 Å². The van der Waals surface area contributed by atoms with Crippen LogP contribution >= 0.6 is 0 Å². The third-order valence-corrected chi connectivity index (χ3v) is 2.23. The maximum absolute atomic E-state index is 5.29. The Hall–Kier alpha value is -0.120. The molecule has 1 aliphatic heterocycles. The zero-order chi connectivity index (χ0) is 8.86. The standard InChI is InChI=1S/C9H19NO2/c1-9(7-12-8-9)3-2-5-11-6-4-10/h2-8,10H2,1H3. The molecule has 0 amide bonds. The Bertz CT molecular complexity index is 124. The maximum atomic E-state index is 5.29. The molecule has 0 radical (unpaired) electrons. The summed E-state index contributed by atoms with van der Waals surface area (Å²) in [7, 11) is 0. The van der Waals surface area contributed by atoms with E-state index < -0.39 is 0 Å². The molecule has 0 aromatic heterocycles. The monoisotopic (exact) mass is 173 g/mol. The van der Waals surface area contributed by atoms with Gasteiger partial charge in [-0.25, -0.2) is 0 Å². The van der Waals surface area contributed by atoms with Gasteiger partial charge in [0.25, 0.3) is 0 Å². The second kappa shape index (κ2) is 4.80. The predicted molar refractivity (Wildman–Crippen MR) is 48.0 cm³/mol. The third kappa shape index (κ3) is 3.09. The zero-order valence-electron chi connectivity index (χ0n) is 7.84. The van der Waals surface area contributed by atoms with E-state index in [1.165, 1.54) is 6.42 Å². The highest BCUT2D eigenvalue weighted by Gasteiger charge is 2.32. The highest BCUT2D eigenvalue weighted by molar-refractivity contribution is 4.80. The summed E-state index contributed by atoms with van der Waals surface area (Å²) in [4.78, 5) is 0. The van der Waals surface area contributed by atoms with Crippen LogP contribution in [0.4, 0.5) is 0 Å². The van der Waals surface area contributed by atoms with Crippen molar-refractivity contribution in [1.29, 1.82) is 0 Å². The molecule has 1 saturated heterocycles. The normalized spacial score (nSPS) is 20.5. The van der Waals surface area contributed by atoms with Gasteiger partial charge in [0, 0.05) is 18.6 Å². The van der Waals surface area contributed by atoms with Crippen LogP contribution in [0.3, 0.4) is 0 Å². The van der Waals surface area contributed by atoms with Crippen LogP contribution in [-0.4, -0.2) is 33.0 Å². The summed E-state index contributed by atoms with van der Waals surface area (Å²) in [6, 6.07) is 0. The zero-order valence-corrected chi connectivity index (χ0v) is 7.84. The van der Waals surface area contributed by atoms with Crippen molar-refractivity contribution in [3.05, 3.63) is 0 Å². The molecule has 0 aromatic carbocycles. The van der Waals surface area contributed by atoms with Crippen molar-refractivity contribution in [2.45, 2.75) is 19.8 Å². The van der Waals surface area contributed by atoms with Gasteiger partial charge in [-0.15, -0.1) is 0 Å². The molecule has 1 aliphatic rings. The van der Waals surface area contributed by atoms with Crippen molar-refractivity contribution in [3.63, 3.8) is 0 Å². The second-order valence-corrected chi connectivity index (χ2v) is 3.81. The lowest BCUT2D eigenvalue weighted by molar-refractivity contribution is -0.108. The van der Waals surface area contributed by atoms with Crippen molar-refractivity contribution >= 4 is 0 Å². The van der Waals surface area contributed by atoms with Crippen LogP contribution in [-0.2, 0) is 9.47 Å². The van der Waals surface area contributed by atoms with E-state index in [-0.39, 0.29) is 0 Å². The Balaban J connectivity index is 1.88. The van der Waals surface area contributed by atoms with Crippen LogP contribution in [0.25, 0.3) is 0 Å². The van der Waals surface area contributed by atoms with E-state index in [1.54, 1.807) is 0 Å². The van der Waals surface area contributed by atoms with Gasteiger partial charge in [0.1, 0.15) is 0 Å². The number of hydrogen-bond acceptors (Lipinski definition) is 3. The fraction of sp³-hybridized carbons (Fsp3) is 1.00. The number of rotatable bonds is 6. The maximum Gasteiger partial charge on any atom is 0.0588 e. The predicted octanol–water partition coefficient (Wildman–Crippen LogP) is 0.778. The molecule has 72 valence electrons. The lowest BCUT2D eigenvalue weighted by atomic mass is 9.84. The summed E-state index contributed by atoms with van der Waals surface area (Å²) in [5, 5.41) is 0. The molecule has 0 bridgehead atoms. The lowest BCUT2D eigenvalue weighted by Crippen LogP contribution is -2.39. The van der Waals surface area contributed by atoms with Crippen LogP contribution in [0.15, 0.2) is 0 Å². The van der Waals surface area contributed by atoms with Gasteiger partial charge in [0.05, 0.1) is 19.8 Å². The van der Waals surface area contributed by atoms with Crippen molar-refractivity contribution < 1.29 is 9.47 Å². The average molecular weight is 173 g/mol. The van der Waals surface area contributed by atoms with Gasteiger partial charge in [0.15, 0.2) is 0 Å². The third-order valence-electron chi connectivity index (χ3n) is 2.23. The van der Waals surface area contributed by atoms with Gasteiger partial charge in [-0.2, -0.15) is 0 Å². The van der Waals surface area contributed by atoms with Crippen molar-refractivity contribution in [1.82, 2.24) is 0 Å². The molecule has 2 N–H and O–H groups in total. The number of hydrogen-bond donors (Lipinski definition) is 1. The Morgan fingerprint density at radius 2 is 2.17 bits per heavy atom. The quantitative estimate of drug-likeness (QED) is 0.604. The van der Waals surface area contributed by atoms with Gasteiger partial charge >= 0.3 is 0 Å². The minimum atomic E-state index is 0.437. The first-order valence-electron chi connectivity index (χ1n) is 4.62. The van der Waals surface area contributed by atoms with E-state index in [0.29, 0.717) is 18.6 Å².